The van der Waals surface area contributed by atoms with Crippen LogP contribution in [-0.4, -0.2) is 7.28 Å². The molecule has 13 heavy (non-hydrogen) atoms. The molecule has 0 spiro atoms. The van der Waals surface area contributed by atoms with Gasteiger partial charge in [-0.25, -0.2) is 0 Å². The van der Waals surface area contributed by atoms with E-state index < -0.39 is 0 Å². The molecule has 69 valence electrons. The Morgan fingerprint density at radius 2 is 2.08 bits per heavy atom. The van der Waals surface area contributed by atoms with Gasteiger partial charge in [0, 0.05) is 3.57 Å². The lowest BCUT2D eigenvalue weighted by atomic mass is 9.73. The summed E-state index contributed by atoms with van der Waals surface area (Å²) in [5.41, 5.74) is 2.79. The van der Waals surface area contributed by atoms with Crippen molar-refractivity contribution in [2.75, 3.05) is 0 Å². The molecule has 1 rings (SSSR count). The minimum atomic E-state index is 0.741. The molecule has 0 atom stereocenters. The van der Waals surface area contributed by atoms with E-state index in [0.717, 1.165) is 5.92 Å². The zero-order valence-corrected chi connectivity index (χ0v) is 10.6. The van der Waals surface area contributed by atoms with Gasteiger partial charge < -0.3 is 0 Å². The van der Waals surface area contributed by atoms with Gasteiger partial charge in [-0.2, -0.15) is 0 Å². The number of hydrogen-bond donors (Lipinski definition) is 0. The minimum Gasteiger partial charge on any atom is -0.0872 e. The van der Waals surface area contributed by atoms with Crippen LogP contribution in [0.2, 0.25) is 6.82 Å². The normalized spacial score (nSPS) is 10.5. The standard InChI is InChI=1S/C11H15BI/c1-8(2)6-9-4-5-10(12-3)7-11(9)13/h4-5,7-8H,6H2,1-3H3. The quantitative estimate of drug-likeness (QED) is 0.591. The van der Waals surface area contributed by atoms with Crippen LogP contribution in [0.5, 0.6) is 0 Å². The van der Waals surface area contributed by atoms with Crippen molar-refractivity contribution in [2.45, 2.75) is 27.1 Å². The van der Waals surface area contributed by atoms with E-state index in [1.165, 1.54) is 21.0 Å². The lowest BCUT2D eigenvalue weighted by molar-refractivity contribution is 0.645. The summed E-state index contributed by atoms with van der Waals surface area (Å²) in [5.74, 6) is 0.741. The molecule has 0 aromatic heterocycles. The van der Waals surface area contributed by atoms with Crippen molar-refractivity contribution in [1.29, 1.82) is 0 Å². The first kappa shape index (κ1) is 11.1. The third-order valence-corrected chi connectivity index (χ3v) is 3.04. The molecule has 1 aromatic carbocycles. The van der Waals surface area contributed by atoms with Gasteiger partial charge >= 0.3 is 0 Å². The summed E-state index contributed by atoms with van der Waals surface area (Å²) in [6.07, 6.45) is 1.18. The second-order valence-electron chi connectivity index (χ2n) is 3.74. The fourth-order valence-corrected chi connectivity index (χ4v) is 2.11. The van der Waals surface area contributed by atoms with E-state index >= 15 is 0 Å². The number of halogens is 1. The Labute approximate surface area is 95.5 Å². The third-order valence-electron chi connectivity index (χ3n) is 2.04. The largest absolute Gasteiger partial charge is 0.148 e. The van der Waals surface area contributed by atoms with Crippen molar-refractivity contribution >= 4 is 35.3 Å². The minimum absolute atomic E-state index is 0.741. The van der Waals surface area contributed by atoms with Crippen molar-refractivity contribution in [1.82, 2.24) is 0 Å². The molecule has 0 saturated heterocycles. The van der Waals surface area contributed by atoms with E-state index in [-0.39, 0.29) is 0 Å². The Morgan fingerprint density at radius 1 is 1.38 bits per heavy atom. The van der Waals surface area contributed by atoms with Crippen LogP contribution in [0.15, 0.2) is 18.2 Å². The predicted octanol–water partition coefficient (Wildman–Crippen LogP) is 2.87. The summed E-state index contributed by atoms with van der Waals surface area (Å²) >= 11 is 2.42. The second kappa shape index (κ2) is 5.04. The highest BCUT2D eigenvalue weighted by Gasteiger charge is 2.02. The Hall–Kier alpha value is 0.0149. The molecule has 0 saturated carbocycles. The Balaban J connectivity index is 2.85. The molecule has 0 nitrogen and oxygen atoms in total. The highest BCUT2D eigenvalue weighted by atomic mass is 127. The molecule has 0 bridgehead atoms. The molecule has 0 aliphatic rings. The molecule has 1 aromatic rings. The van der Waals surface area contributed by atoms with Crippen LogP contribution in [0.4, 0.5) is 0 Å². The van der Waals surface area contributed by atoms with Gasteiger partial charge in [0.05, 0.1) is 0 Å². The van der Waals surface area contributed by atoms with Gasteiger partial charge in [-0.1, -0.05) is 44.3 Å². The maximum absolute atomic E-state index is 2.42. The third kappa shape index (κ3) is 3.33. The molecule has 0 heterocycles. The predicted molar refractivity (Wildman–Crippen MR) is 69.0 cm³/mol. The molecule has 0 amide bonds. The van der Waals surface area contributed by atoms with Crippen LogP contribution in [0.25, 0.3) is 0 Å². The highest BCUT2D eigenvalue weighted by molar-refractivity contribution is 14.1. The summed E-state index contributed by atoms with van der Waals surface area (Å²) in [4.78, 5) is 0. The smallest absolute Gasteiger partial charge is 0.0872 e. The first-order chi connectivity index (χ1) is 6.13. The highest BCUT2D eigenvalue weighted by Crippen LogP contribution is 2.14. The van der Waals surface area contributed by atoms with Crippen molar-refractivity contribution in [3.63, 3.8) is 0 Å². The second-order valence-corrected chi connectivity index (χ2v) is 4.90. The summed E-state index contributed by atoms with van der Waals surface area (Å²) < 4.78 is 1.39. The van der Waals surface area contributed by atoms with Gasteiger partial charge in [-0.3, -0.25) is 0 Å². The van der Waals surface area contributed by atoms with Gasteiger partial charge in [0.25, 0.3) is 0 Å². The van der Waals surface area contributed by atoms with Crippen molar-refractivity contribution in [3.05, 3.63) is 27.3 Å². The molecular formula is C11H15BI. The van der Waals surface area contributed by atoms with E-state index in [1.54, 1.807) is 0 Å². The van der Waals surface area contributed by atoms with Crippen LogP contribution < -0.4 is 5.46 Å². The van der Waals surface area contributed by atoms with Gasteiger partial charge in [0.1, 0.15) is 7.28 Å². The lowest BCUT2D eigenvalue weighted by Gasteiger charge is -2.08. The monoisotopic (exact) mass is 285 g/mol. The Bertz CT molecular complexity index is 281. The van der Waals surface area contributed by atoms with Crippen LogP contribution in [-0.2, 0) is 6.42 Å². The van der Waals surface area contributed by atoms with E-state index in [4.69, 9.17) is 0 Å². The average molecular weight is 285 g/mol. The van der Waals surface area contributed by atoms with Gasteiger partial charge in [-0.15, -0.1) is 0 Å². The lowest BCUT2D eigenvalue weighted by Crippen LogP contribution is -2.11. The van der Waals surface area contributed by atoms with Crippen molar-refractivity contribution in [3.8, 4) is 0 Å². The maximum Gasteiger partial charge on any atom is 0.148 e. The van der Waals surface area contributed by atoms with E-state index in [0.29, 0.717) is 0 Å². The molecule has 0 aliphatic heterocycles. The Morgan fingerprint density at radius 3 is 2.54 bits per heavy atom. The fourth-order valence-electron chi connectivity index (χ4n) is 1.35. The zero-order chi connectivity index (χ0) is 9.84. The molecule has 1 radical (unpaired) electrons. The fraction of sp³-hybridized carbons (Fsp3) is 0.455. The van der Waals surface area contributed by atoms with Gasteiger partial charge in [0.2, 0.25) is 0 Å². The first-order valence-electron chi connectivity index (χ1n) is 4.71. The summed E-state index contributed by atoms with van der Waals surface area (Å²) in [6, 6.07) is 6.69. The molecule has 2 heteroatoms. The summed E-state index contributed by atoms with van der Waals surface area (Å²) in [5, 5.41) is 0. The van der Waals surface area contributed by atoms with Gasteiger partial charge in [-0.05, 0) is 40.5 Å². The Kier molecular flexibility index (Phi) is 4.30. The number of hydrogen-bond acceptors (Lipinski definition) is 0. The molecule has 0 fully saturated rings. The van der Waals surface area contributed by atoms with E-state index in [9.17, 15) is 0 Å². The van der Waals surface area contributed by atoms with Crippen molar-refractivity contribution < 1.29 is 0 Å². The maximum atomic E-state index is 2.42. The summed E-state index contributed by atoms with van der Waals surface area (Å²) in [7, 11) is 2.14. The molecular weight excluding hydrogens is 270 g/mol. The topological polar surface area (TPSA) is 0 Å². The van der Waals surface area contributed by atoms with E-state index in [2.05, 4.69) is 68.7 Å². The van der Waals surface area contributed by atoms with Crippen LogP contribution >= 0.6 is 22.6 Å². The number of rotatable bonds is 3. The van der Waals surface area contributed by atoms with Gasteiger partial charge in [0.15, 0.2) is 0 Å². The SMILES string of the molecule is C[B]c1ccc(CC(C)C)c(I)c1. The van der Waals surface area contributed by atoms with Crippen molar-refractivity contribution in [2.24, 2.45) is 5.92 Å². The van der Waals surface area contributed by atoms with Crippen LogP contribution in [0, 0.1) is 9.49 Å². The zero-order valence-electron chi connectivity index (χ0n) is 8.47. The van der Waals surface area contributed by atoms with E-state index in [1.807, 2.05) is 0 Å². The first-order valence-corrected chi connectivity index (χ1v) is 5.79. The molecule has 0 unspecified atom stereocenters. The number of benzene rings is 1. The summed E-state index contributed by atoms with van der Waals surface area (Å²) in [6.45, 7) is 6.60. The average Bonchev–Trinajstić information content (AvgIpc) is 2.08. The molecule has 0 aliphatic carbocycles. The molecule has 0 N–H and O–H groups in total. The van der Waals surface area contributed by atoms with Crippen LogP contribution in [0.1, 0.15) is 19.4 Å². The van der Waals surface area contributed by atoms with Crippen LogP contribution in [0.3, 0.4) is 0 Å².